The number of aromatic nitrogens is 3. The number of fused-ring (bicyclic) bond motifs is 1. The van der Waals surface area contributed by atoms with Gasteiger partial charge in [-0.05, 0) is 55.0 Å². The van der Waals surface area contributed by atoms with Crippen molar-refractivity contribution in [3.05, 3.63) is 93.6 Å². The van der Waals surface area contributed by atoms with Gasteiger partial charge in [-0.15, -0.1) is 0 Å². The van der Waals surface area contributed by atoms with Crippen LogP contribution in [0.3, 0.4) is 0 Å². The molecule has 1 amide bonds. The molecule has 11 heteroatoms. The van der Waals surface area contributed by atoms with Gasteiger partial charge >= 0.3 is 6.18 Å². The van der Waals surface area contributed by atoms with Crippen molar-refractivity contribution in [2.24, 2.45) is 7.05 Å². The van der Waals surface area contributed by atoms with Crippen molar-refractivity contribution >= 4 is 28.4 Å². The molecule has 2 aromatic carbocycles. The standard InChI is InChI=1S/C27H22F3N5O3/c1-15-6-7-19(33-24(36)16-4-3-5-18(10-16)27(28,29)30)12-21(15)22-11-17-13-31-26(32-14-20-8-9-38-20)34-23(17)25(37)35(22)2/h3-8,10-13H,9,14H2,1-2H3,(H,33,36)(H,31,32,34). The minimum Gasteiger partial charge on any atom is -0.492 e. The second kappa shape index (κ2) is 9.66. The number of amides is 1. The van der Waals surface area contributed by atoms with Crippen LogP contribution in [0.15, 0.2) is 71.4 Å². The third-order valence-electron chi connectivity index (χ3n) is 6.20. The van der Waals surface area contributed by atoms with Gasteiger partial charge < -0.3 is 19.9 Å². The minimum absolute atomic E-state index is 0.123. The lowest BCUT2D eigenvalue weighted by Crippen LogP contribution is -2.21. The van der Waals surface area contributed by atoms with Crippen molar-refractivity contribution in [1.29, 1.82) is 0 Å². The Kier molecular flexibility index (Phi) is 6.35. The van der Waals surface area contributed by atoms with Crippen molar-refractivity contribution in [3.63, 3.8) is 0 Å². The molecule has 38 heavy (non-hydrogen) atoms. The fourth-order valence-corrected chi connectivity index (χ4v) is 4.03. The van der Waals surface area contributed by atoms with E-state index in [0.29, 0.717) is 41.4 Å². The van der Waals surface area contributed by atoms with Crippen LogP contribution >= 0.6 is 0 Å². The molecule has 2 N–H and O–H groups in total. The molecule has 194 valence electrons. The Morgan fingerprint density at radius 2 is 1.95 bits per heavy atom. The Morgan fingerprint density at radius 3 is 2.66 bits per heavy atom. The van der Waals surface area contributed by atoms with Crippen molar-refractivity contribution in [1.82, 2.24) is 14.5 Å². The van der Waals surface area contributed by atoms with Gasteiger partial charge in [-0.2, -0.15) is 13.2 Å². The van der Waals surface area contributed by atoms with E-state index >= 15 is 0 Å². The molecule has 0 saturated heterocycles. The van der Waals surface area contributed by atoms with Crippen LogP contribution in [0.5, 0.6) is 0 Å². The molecule has 3 heterocycles. The van der Waals surface area contributed by atoms with Gasteiger partial charge in [0.25, 0.3) is 11.5 Å². The van der Waals surface area contributed by atoms with Gasteiger partial charge in [-0.1, -0.05) is 12.1 Å². The number of halogens is 3. The Morgan fingerprint density at radius 1 is 1.16 bits per heavy atom. The highest BCUT2D eigenvalue weighted by Crippen LogP contribution is 2.31. The summed E-state index contributed by atoms with van der Waals surface area (Å²) in [6.07, 6.45) is -1.07. The summed E-state index contributed by atoms with van der Waals surface area (Å²) in [5, 5.41) is 6.20. The fourth-order valence-electron chi connectivity index (χ4n) is 4.03. The van der Waals surface area contributed by atoms with Crippen LogP contribution in [0.2, 0.25) is 0 Å². The molecule has 0 atom stereocenters. The molecular weight excluding hydrogens is 499 g/mol. The molecule has 0 radical (unpaired) electrons. The first-order chi connectivity index (χ1) is 18.1. The molecule has 0 bridgehead atoms. The fraction of sp³-hybridized carbons (Fsp3) is 0.185. The number of aryl methyl sites for hydroxylation is 1. The lowest BCUT2D eigenvalue weighted by molar-refractivity contribution is -0.137. The van der Waals surface area contributed by atoms with Crippen molar-refractivity contribution in [3.8, 4) is 11.3 Å². The molecule has 0 aliphatic carbocycles. The van der Waals surface area contributed by atoms with Crippen LogP contribution in [-0.2, 0) is 18.0 Å². The van der Waals surface area contributed by atoms with Crippen molar-refractivity contribution in [2.45, 2.75) is 13.1 Å². The molecule has 0 unspecified atom stereocenters. The van der Waals surface area contributed by atoms with Gasteiger partial charge in [0, 0.05) is 35.4 Å². The highest BCUT2D eigenvalue weighted by atomic mass is 19.4. The third kappa shape index (κ3) is 4.95. The number of carbonyl (C=O) groups is 1. The minimum atomic E-state index is -4.56. The number of hydrogen-bond donors (Lipinski definition) is 2. The first kappa shape index (κ1) is 25.0. The number of hydrogen-bond acceptors (Lipinski definition) is 6. The van der Waals surface area contributed by atoms with Crippen LogP contribution in [0.25, 0.3) is 22.2 Å². The maximum Gasteiger partial charge on any atom is 0.416 e. The summed E-state index contributed by atoms with van der Waals surface area (Å²) in [5.41, 5.74) is 1.28. The summed E-state index contributed by atoms with van der Waals surface area (Å²) in [4.78, 5) is 34.6. The first-order valence-corrected chi connectivity index (χ1v) is 11.6. The SMILES string of the molecule is Cc1ccc(NC(=O)c2cccc(C(F)(F)F)c2)cc1-c1cc2cnc(NCC3=CCO3)nc2c(=O)n1C. The summed E-state index contributed by atoms with van der Waals surface area (Å²) < 4.78 is 45.9. The van der Waals surface area contributed by atoms with Crippen molar-refractivity contribution in [2.75, 3.05) is 23.8 Å². The number of carbonyl (C=O) groups excluding carboxylic acids is 1. The zero-order chi connectivity index (χ0) is 27.0. The number of nitrogens with zero attached hydrogens (tertiary/aromatic N) is 3. The number of ether oxygens (including phenoxy) is 1. The molecule has 4 aromatic rings. The number of benzene rings is 2. The highest BCUT2D eigenvalue weighted by molar-refractivity contribution is 6.04. The third-order valence-corrected chi connectivity index (χ3v) is 6.20. The largest absolute Gasteiger partial charge is 0.492 e. The van der Waals surface area contributed by atoms with Crippen LogP contribution in [0, 0.1) is 6.92 Å². The van der Waals surface area contributed by atoms with Crippen LogP contribution < -0.4 is 16.2 Å². The zero-order valence-electron chi connectivity index (χ0n) is 20.4. The van der Waals surface area contributed by atoms with Gasteiger partial charge in [0.1, 0.15) is 17.9 Å². The molecule has 5 rings (SSSR count). The number of alkyl halides is 3. The summed E-state index contributed by atoms with van der Waals surface area (Å²) in [5.74, 6) is 0.400. The van der Waals surface area contributed by atoms with Gasteiger partial charge in [-0.3, -0.25) is 9.59 Å². The molecule has 1 aliphatic heterocycles. The second-order valence-electron chi connectivity index (χ2n) is 8.79. The average molecular weight is 521 g/mol. The Balaban J connectivity index is 1.45. The maximum atomic E-state index is 13.2. The Labute approximate surface area is 214 Å². The molecule has 0 spiro atoms. The predicted molar refractivity (Wildman–Crippen MR) is 137 cm³/mol. The Bertz CT molecular complexity index is 1660. The summed E-state index contributed by atoms with van der Waals surface area (Å²) >= 11 is 0. The van der Waals surface area contributed by atoms with E-state index in [0.717, 1.165) is 23.5 Å². The van der Waals surface area contributed by atoms with E-state index in [-0.39, 0.29) is 16.6 Å². The first-order valence-electron chi connectivity index (χ1n) is 11.6. The molecule has 8 nitrogen and oxygen atoms in total. The Hall–Kier alpha value is -4.67. The monoisotopic (exact) mass is 521 g/mol. The topological polar surface area (TPSA) is 98.1 Å². The van der Waals surface area contributed by atoms with E-state index in [2.05, 4.69) is 20.6 Å². The van der Waals surface area contributed by atoms with Crippen LogP contribution in [0.4, 0.5) is 24.8 Å². The van der Waals surface area contributed by atoms with Gasteiger partial charge in [-0.25, -0.2) is 9.97 Å². The lowest BCUT2D eigenvalue weighted by atomic mass is 10.0. The number of nitrogens with one attached hydrogen (secondary N) is 2. The molecule has 0 saturated carbocycles. The zero-order valence-corrected chi connectivity index (χ0v) is 20.4. The maximum absolute atomic E-state index is 13.2. The summed E-state index contributed by atoms with van der Waals surface area (Å²) in [7, 11) is 1.62. The number of rotatable bonds is 6. The molecule has 0 fully saturated rings. The molecular formula is C27H22F3N5O3. The van der Waals surface area contributed by atoms with E-state index in [9.17, 15) is 22.8 Å². The number of pyridine rings is 1. The molecule has 1 aliphatic rings. The summed E-state index contributed by atoms with van der Waals surface area (Å²) in [6, 6.07) is 11.1. The van der Waals surface area contributed by atoms with Crippen molar-refractivity contribution < 1.29 is 22.7 Å². The van der Waals surface area contributed by atoms with E-state index in [1.807, 2.05) is 13.0 Å². The second-order valence-corrected chi connectivity index (χ2v) is 8.79. The summed E-state index contributed by atoms with van der Waals surface area (Å²) in [6.45, 7) is 2.85. The quantitative estimate of drug-likeness (QED) is 0.375. The van der Waals surface area contributed by atoms with Gasteiger partial charge in [0.15, 0.2) is 0 Å². The van der Waals surface area contributed by atoms with Crippen LogP contribution in [-0.4, -0.2) is 33.6 Å². The van der Waals surface area contributed by atoms with E-state index < -0.39 is 17.6 Å². The normalized spacial score (nSPS) is 12.9. The van der Waals surface area contributed by atoms with E-state index in [4.69, 9.17) is 4.74 Å². The average Bonchev–Trinajstić information content (AvgIpc) is 2.86. The smallest absolute Gasteiger partial charge is 0.416 e. The number of anilines is 2. The van der Waals surface area contributed by atoms with Gasteiger partial charge in [0.2, 0.25) is 5.95 Å². The highest BCUT2D eigenvalue weighted by Gasteiger charge is 2.31. The molecule has 2 aromatic heterocycles. The predicted octanol–water partition coefficient (Wildman–Crippen LogP) is 4.90. The van der Waals surface area contributed by atoms with Gasteiger partial charge in [0.05, 0.1) is 17.8 Å². The lowest BCUT2D eigenvalue weighted by Gasteiger charge is -2.17. The van der Waals surface area contributed by atoms with E-state index in [1.54, 1.807) is 37.5 Å². The van der Waals surface area contributed by atoms with E-state index in [1.165, 1.54) is 16.7 Å². The van der Waals surface area contributed by atoms with Crippen LogP contribution in [0.1, 0.15) is 21.5 Å².